The summed E-state index contributed by atoms with van der Waals surface area (Å²) in [7, 11) is 0. The predicted molar refractivity (Wildman–Crippen MR) is 110 cm³/mol. The second-order valence-electron chi connectivity index (χ2n) is 7.05. The highest BCUT2D eigenvalue weighted by Crippen LogP contribution is 2.25. The quantitative estimate of drug-likeness (QED) is 0.494. The van der Waals surface area contributed by atoms with Gasteiger partial charge in [-0.25, -0.2) is 4.98 Å². The maximum absolute atomic E-state index is 13.1. The van der Waals surface area contributed by atoms with Crippen molar-refractivity contribution in [1.29, 1.82) is 0 Å². The van der Waals surface area contributed by atoms with Crippen molar-refractivity contribution in [1.82, 2.24) is 20.3 Å². The topological polar surface area (TPSA) is 90.6 Å². The van der Waals surface area contributed by atoms with Gasteiger partial charge in [-0.1, -0.05) is 50.6 Å². The van der Waals surface area contributed by atoms with Crippen LogP contribution in [-0.4, -0.2) is 20.9 Å². The zero-order valence-corrected chi connectivity index (χ0v) is 15.8. The molecule has 4 aromatic rings. The summed E-state index contributed by atoms with van der Waals surface area (Å²) in [5.74, 6) is 0.675. The van der Waals surface area contributed by atoms with Gasteiger partial charge in [0.1, 0.15) is 5.82 Å². The number of hydrogen-bond acceptors (Lipinski definition) is 3. The molecule has 0 unspecified atom stereocenters. The van der Waals surface area contributed by atoms with Crippen molar-refractivity contribution < 1.29 is 4.79 Å². The molecule has 2 aromatic heterocycles. The van der Waals surface area contributed by atoms with Crippen LogP contribution in [0.3, 0.4) is 0 Å². The number of amides is 1. The van der Waals surface area contributed by atoms with Gasteiger partial charge < -0.3 is 15.3 Å². The minimum atomic E-state index is -0.268. The van der Waals surface area contributed by atoms with Crippen LogP contribution in [0.1, 0.15) is 42.5 Å². The number of aromatic nitrogens is 3. The molecule has 4 rings (SSSR count). The number of carbonyl (C=O) groups excluding carboxylic acids is 1. The molecule has 1 amide bonds. The van der Waals surface area contributed by atoms with E-state index in [1.807, 2.05) is 30.3 Å². The molecule has 142 valence electrons. The number of fused-ring (bicyclic) bond motifs is 2. The zero-order valence-electron chi connectivity index (χ0n) is 15.8. The largest absolute Gasteiger partial charge is 0.342 e. The molecule has 0 aliphatic rings. The van der Waals surface area contributed by atoms with E-state index in [0.717, 1.165) is 23.3 Å². The molecular formula is C22H22N4O2. The smallest absolute Gasteiger partial charge is 0.255 e. The van der Waals surface area contributed by atoms with E-state index in [2.05, 4.69) is 34.1 Å². The Morgan fingerprint density at radius 1 is 1.11 bits per heavy atom. The molecule has 0 fully saturated rings. The van der Waals surface area contributed by atoms with Gasteiger partial charge in [0, 0.05) is 17.0 Å². The van der Waals surface area contributed by atoms with Crippen molar-refractivity contribution >= 4 is 27.7 Å². The third-order valence-corrected chi connectivity index (χ3v) is 5.26. The van der Waals surface area contributed by atoms with Crippen LogP contribution in [0.25, 0.3) is 21.8 Å². The third kappa shape index (κ3) is 3.17. The average molecular weight is 374 g/mol. The van der Waals surface area contributed by atoms with Gasteiger partial charge in [0.05, 0.1) is 22.6 Å². The number of nitrogens with zero attached hydrogens (tertiary/aromatic N) is 1. The Morgan fingerprint density at radius 3 is 2.57 bits per heavy atom. The van der Waals surface area contributed by atoms with E-state index in [1.165, 1.54) is 6.20 Å². The molecule has 2 aromatic carbocycles. The third-order valence-electron chi connectivity index (χ3n) is 5.26. The number of carbonyl (C=O) groups is 1. The van der Waals surface area contributed by atoms with Crippen LogP contribution in [0.2, 0.25) is 0 Å². The summed E-state index contributed by atoms with van der Waals surface area (Å²) >= 11 is 0. The molecule has 0 spiro atoms. The van der Waals surface area contributed by atoms with Gasteiger partial charge in [-0.15, -0.1) is 0 Å². The molecule has 2 heterocycles. The van der Waals surface area contributed by atoms with Crippen molar-refractivity contribution in [3.63, 3.8) is 0 Å². The Balaban J connectivity index is 1.72. The van der Waals surface area contributed by atoms with Gasteiger partial charge in [-0.2, -0.15) is 0 Å². The van der Waals surface area contributed by atoms with E-state index in [-0.39, 0.29) is 23.4 Å². The molecule has 0 aliphatic heterocycles. The van der Waals surface area contributed by atoms with Crippen molar-refractivity contribution in [3.8, 4) is 0 Å². The fourth-order valence-corrected chi connectivity index (χ4v) is 3.45. The Kier molecular flexibility index (Phi) is 4.69. The molecule has 6 nitrogen and oxygen atoms in total. The van der Waals surface area contributed by atoms with E-state index >= 15 is 0 Å². The molecule has 0 saturated carbocycles. The molecule has 0 bridgehead atoms. The van der Waals surface area contributed by atoms with Crippen LogP contribution < -0.4 is 10.9 Å². The van der Waals surface area contributed by atoms with E-state index in [4.69, 9.17) is 0 Å². The van der Waals surface area contributed by atoms with Gasteiger partial charge in [-0.05, 0) is 24.1 Å². The maximum atomic E-state index is 13.1. The molecular weight excluding hydrogens is 352 g/mol. The molecule has 28 heavy (non-hydrogen) atoms. The molecule has 2 atom stereocenters. The van der Waals surface area contributed by atoms with Crippen molar-refractivity contribution in [2.45, 2.75) is 26.3 Å². The Hall–Kier alpha value is -3.41. The molecule has 0 aliphatic carbocycles. The number of hydrogen-bond donors (Lipinski definition) is 3. The number of nitrogens with one attached hydrogen (secondary N) is 3. The zero-order chi connectivity index (χ0) is 19.7. The van der Waals surface area contributed by atoms with Crippen LogP contribution in [0.15, 0.2) is 59.5 Å². The van der Waals surface area contributed by atoms with Crippen LogP contribution >= 0.6 is 0 Å². The summed E-state index contributed by atoms with van der Waals surface area (Å²) in [5, 5.41) is 4.25. The second-order valence-corrected chi connectivity index (χ2v) is 7.05. The van der Waals surface area contributed by atoms with Gasteiger partial charge in [0.25, 0.3) is 11.5 Å². The van der Waals surface area contributed by atoms with E-state index in [9.17, 15) is 9.59 Å². The first-order valence-corrected chi connectivity index (χ1v) is 9.44. The van der Waals surface area contributed by atoms with Gasteiger partial charge in [0.15, 0.2) is 0 Å². The summed E-state index contributed by atoms with van der Waals surface area (Å²) in [4.78, 5) is 35.8. The monoisotopic (exact) mass is 374 g/mol. The molecule has 0 saturated heterocycles. The minimum Gasteiger partial charge on any atom is -0.342 e. The number of rotatable bonds is 5. The fraction of sp³-hybridized carbons (Fsp3) is 0.227. The number of para-hydroxylation sites is 2. The lowest BCUT2D eigenvalue weighted by Crippen LogP contribution is -2.33. The second kappa shape index (κ2) is 7.31. The lowest BCUT2D eigenvalue weighted by molar-refractivity contribution is 0.0922. The van der Waals surface area contributed by atoms with E-state index in [1.54, 1.807) is 18.2 Å². The van der Waals surface area contributed by atoms with Crippen molar-refractivity contribution in [3.05, 3.63) is 76.5 Å². The van der Waals surface area contributed by atoms with Gasteiger partial charge in [-0.3, -0.25) is 9.59 Å². The minimum absolute atomic E-state index is 0.179. The van der Waals surface area contributed by atoms with E-state index < -0.39 is 0 Å². The summed E-state index contributed by atoms with van der Waals surface area (Å²) in [5.41, 5.74) is 2.05. The summed E-state index contributed by atoms with van der Waals surface area (Å²) in [6, 6.07) is 14.7. The Bertz CT molecular complexity index is 1170. The number of imidazole rings is 1. The summed E-state index contributed by atoms with van der Waals surface area (Å²) < 4.78 is 0. The molecule has 0 radical (unpaired) electrons. The van der Waals surface area contributed by atoms with E-state index in [0.29, 0.717) is 16.3 Å². The fourth-order valence-electron chi connectivity index (χ4n) is 3.45. The predicted octanol–water partition coefficient (Wildman–Crippen LogP) is 3.92. The number of benzene rings is 2. The highest BCUT2D eigenvalue weighted by atomic mass is 16.2. The summed E-state index contributed by atoms with van der Waals surface area (Å²) in [6.45, 7) is 4.17. The Morgan fingerprint density at radius 2 is 1.82 bits per heavy atom. The van der Waals surface area contributed by atoms with Gasteiger partial charge >= 0.3 is 0 Å². The van der Waals surface area contributed by atoms with Gasteiger partial charge in [0.2, 0.25) is 0 Å². The number of H-pyrrole nitrogens is 2. The first kappa shape index (κ1) is 18.0. The first-order valence-electron chi connectivity index (χ1n) is 9.44. The summed E-state index contributed by atoms with van der Waals surface area (Å²) in [6.07, 6.45) is 2.36. The molecule has 3 N–H and O–H groups in total. The van der Waals surface area contributed by atoms with Crippen LogP contribution in [0, 0.1) is 5.92 Å². The molecule has 6 heteroatoms. The van der Waals surface area contributed by atoms with Crippen molar-refractivity contribution in [2.24, 2.45) is 5.92 Å². The van der Waals surface area contributed by atoms with Crippen LogP contribution in [-0.2, 0) is 0 Å². The first-order chi connectivity index (χ1) is 13.6. The highest BCUT2D eigenvalue weighted by molar-refractivity contribution is 6.06. The number of pyridine rings is 1. The SMILES string of the molecule is CC[C@@H](C)[C@@H](NC(=O)c1c[nH]c(=O)c2ccccc12)c1nc2ccccc2[nH]1. The normalized spacial score (nSPS) is 13.5. The standard InChI is InChI=1S/C22H22N4O2/c1-3-13(2)19(20-24-17-10-6-7-11-18(17)25-20)26-22(28)16-12-23-21(27)15-9-5-4-8-14(15)16/h4-13,19H,3H2,1-2H3,(H,23,27)(H,24,25)(H,26,28)/t13-,19-/m1/s1. The van der Waals surface area contributed by atoms with Crippen molar-refractivity contribution in [2.75, 3.05) is 0 Å². The maximum Gasteiger partial charge on any atom is 0.255 e. The highest BCUT2D eigenvalue weighted by Gasteiger charge is 2.25. The average Bonchev–Trinajstić information content (AvgIpc) is 3.15. The Labute approximate surface area is 162 Å². The van der Waals surface area contributed by atoms with Crippen LogP contribution in [0.4, 0.5) is 0 Å². The number of aromatic amines is 2. The lowest BCUT2D eigenvalue weighted by Gasteiger charge is -2.22. The van der Waals surface area contributed by atoms with Crippen LogP contribution in [0.5, 0.6) is 0 Å². The lowest BCUT2D eigenvalue weighted by atomic mass is 9.97.